The van der Waals surface area contributed by atoms with Gasteiger partial charge in [-0.25, -0.2) is 0 Å². The van der Waals surface area contributed by atoms with Gasteiger partial charge in [-0.3, -0.25) is 0 Å². The standard InChI is InChI=1S/C28H26O.BrH/c1-2-3-13-24-20-25(29)27(22-16-9-5-10-17-22)28(23-18-11-6-12-19-23)26(24)21-14-7-4-8-15-21;/h4-12,14-20,29H,2-3,13H2,1H3;1H. The van der Waals surface area contributed by atoms with E-state index >= 15 is 0 Å². The lowest BCUT2D eigenvalue weighted by atomic mass is 9.83. The maximum atomic E-state index is 11.2. The van der Waals surface area contributed by atoms with Gasteiger partial charge in [-0.1, -0.05) is 104 Å². The van der Waals surface area contributed by atoms with Crippen LogP contribution in [0.3, 0.4) is 0 Å². The fourth-order valence-corrected chi connectivity index (χ4v) is 4.01. The molecule has 1 nitrogen and oxygen atoms in total. The first-order chi connectivity index (χ1) is 14.3. The minimum absolute atomic E-state index is 0. The summed E-state index contributed by atoms with van der Waals surface area (Å²) in [4.78, 5) is 0. The van der Waals surface area contributed by atoms with Crippen molar-refractivity contribution in [1.29, 1.82) is 0 Å². The summed E-state index contributed by atoms with van der Waals surface area (Å²) in [5.41, 5.74) is 7.78. The number of unbranched alkanes of at least 4 members (excludes halogenated alkanes) is 1. The Morgan fingerprint density at radius 1 is 0.600 bits per heavy atom. The lowest BCUT2D eigenvalue weighted by Gasteiger charge is -2.21. The maximum Gasteiger partial charge on any atom is 0.124 e. The van der Waals surface area contributed by atoms with E-state index in [1.54, 1.807) is 0 Å². The molecule has 0 atom stereocenters. The monoisotopic (exact) mass is 458 g/mol. The van der Waals surface area contributed by atoms with Crippen LogP contribution in [0.5, 0.6) is 5.75 Å². The smallest absolute Gasteiger partial charge is 0.124 e. The van der Waals surface area contributed by atoms with Crippen LogP contribution in [-0.4, -0.2) is 5.11 Å². The fourth-order valence-electron chi connectivity index (χ4n) is 4.01. The zero-order chi connectivity index (χ0) is 20.1. The van der Waals surface area contributed by atoms with E-state index in [9.17, 15) is 5.11 Å². The molecule has 152 valence electrons. The highest BCUT2D eigenvalue weighted by Gasteiger charge is 2.21. The van der Waals surface area contributed by atoms with Crippen molar-refractivity contribution < 1.29 is 5.11 Å². The molecule has 0 radical (unpaired) electrons. The van der Waals surface area contributed by atoms with Gasteiger partial charge in [-0.15, -0.1) is 17.0 Å². The van der Waals surface area contributed by atoms with Gasteiger partial charge >= 0.3 is 0 Å². The average molecular weight is 459 g/mol. The van der Waals surface area contributed by atoms with Gasteiger partial charge in [0.25, 0.3) is 0 Å². The second-order valence-electron chi connectivity index (χ2n) is 7.38. The van der Waals surface area contributed by atoms with E-state index in [0.29, 0.717) is 5.75 Å². The molecule has 30 heavy (non-hydrogen) atoms. The molecule has 0 amide bonds. The first-order valence-corrected chi connectivity index (χ1v) is 10.3. The third-order valence-corrected chi connectivity index (χ3v) is 5.38. The minimum Gasteiger partial charge on any atom is -0.507 e. The van der Waals surface area contributed by atoms with E-state index in [-0.39, 0.29) is 17.0 Å². The van der Waals surface area contributed by atoms with E-state index in [0.717, 1.165) is 41.5 Å². The number of aromatic hydroxyl groups is 1. The van der Waals surface area contributed by atoms with Crippen LogP contribution in [-0.2, 0) is 6.42 Å². The number of hydrogen-bond acceptors (Lipinski definition) is 1. The highest BCUT2D eigenvalue weighted by atomic mass is 79.9. The molecule has 0 unspecified atom stereocenters. The molecule has 0 fully saturated rings. The fraction of sp³-hybridized carbons (Fsp3) is 0.143. The highest BCUT2D eigenvalue weighted by molar-refractivity contribution is 8.93. The van der Waals surface area contributed by atoms with Crippen LogP contribution in [0.1, 0.15) is 25.3 Å². The SMILES string of the molecule is Br.CCCCc1cc(O)c(-c2ccccc2)c(-c2ccccc2)c1-c1ccccc1. The van der Waals surface area contributed by atoms with Gasteiger partial charge < -0.3 is 5.11 Å². The first-order valence-electron chi connectivity index (χ1n) is 10.3. The molecule has 0 saturated carbocycles. The van der Waals surface area contributed by atoms with Gasteiger partial charge in [0, 0.05) is 11.1 Å². The molecule has 0 spiro atoms. The summed E-state index contributed by atoms with van der Waals surface area (Å²) in [6.45, 7) is 2.21. The molecule has 0 aliphatic carbocycles. The topological polar surface area (TPSA) is 20.2 Å². The number of rotatable bonds is 6. The second-order valence-corrected chi connectivity index (χ2v) is 7.38. The van der Waals surface area contributed by atoms with E-state index in [1.807, 2.05) is 30.3 Å². The van der Waals surface area contributed by atoms with Crippen molar-refractivity contribution in [2.24, 2.45) is 0 Å². The first kappa shape index (κ1) is 21.9. The third kappa shape index (κ3) is 4.49. The van der Waals surface area contributed by atoms with E-state index in [1.165, 1.54) is 16.7 Å². The molecule has 0 aromatic heterocycles. The average Bonchev–Trinajstić information content (AvgIpc) is 2.79. The zero-order valence-electron chi connectivity index (χ0n) is 17.2. The van der Waals surface area contributed by atoms with Crippen LogP contribution in [0.2, 0.25) is 0 Å². The summed E-state index contributed by atoms with van der Waals surface area (Å²) in [6, 6.07) is 33.2. The van der Waals surface area contributed by atoms with Crippen LogP contribution in [0.4, 0.5) is 0 Å². The number of halogens is 1. The molecule has 0 saturated heterocycles. The van der Waals surface area contributed by atoms with Gasteiger partial charge in [0.05, 0.1) is 0 Å². The van der Waals surface area contributed by atoms with E-state index < -0.39 is 0 Å². The largest absolute Gasteiger partial charge is 0.507 e. The highest BCUT2D eigenvalue weighted by Crippen LogP contribution is 2.47. The van der Waals surface area contributed by atoms with Crippen molar-refractivity contribution in [3.63, 3.8) is 0 Å². The van der Waals surface area contributed by atoms with Crippen molar-refractivity contribution in [3.05, 3.63) is 103 Å². The number of phenolic OH excluding ortho intramolecular Hbond substituents is 1. The molecular formula is C28H27BrO. The molecule has 0 aliphatic heterocycles. The normalized spacial score (nSPS) is 10.4. The molecule has 1 N–H and O–H groups in total. The molecular weight excluding hydrogens is 432 g/mol. The number of phenols is 1. The zero-order valence-corrected chi connectivity index (χ0v) is 18.9. The number of aryl methyl sites for hydroxylation is 1. The molecule has 4 rings (SSSR count). The predicted octanol–water partition coefficient (Wildman–Crippen LogP) is 8.31. The van der Waals surface area contributed by atoms with E-state index in [2.05, 4.69) is 73.7 Å². The van der Waals surface area contributed by atoms with Crippen molar-refractivity contribution in [2.75, 3.05) is 0 Å². The van der Waals surface area contributed by atoms with Crippen molar-refractivity contribution >= 4 is 17.0 Å². The summed E-state index contributed by atoms with van der Waals surface area (Å²) >= 11 is 0. The summed E-state index contributed by atoms with van der Waals surface area (Å²) in [7, 11) is 0. The van der Waals surface area contributed by atoms with Gasteiger partial charge in [0.15, 0.2) is 0 Å². The Morgan fingerprint density at radius 2 is 1.03 bits per heavy atom. The van der Waals surface area contributed by atoms with Gasteiger partial charge in [-0.05, 0) is 46.7 Å². The molecule has 4 aromatic carbocycles. The summed E-state index contributed by atoms with van der Waals surface area (Å²) in [5.74, 6) is 0.348. The van der Waals surface area contributed by atoms with E-state index in [4.69, 9.17) is 0 Å². The second kappa shape index (κ2) is 10.3. The lowest BCUT2D eigenvalue weighted by Crippen LogP contribution is -1.98. The maximum absolute atomic E-state index is 11.2. The molecule has 0 heterocycles. The predicted molar refractivity (Wildman–Crippen MR) is 133 cm³/mol. The third-order valence-electron chi connectivity index (χ3n) is 5.38. The van der Waals surface area contributed by atoms with Crippen LogP contribution in [0, 0.1) is 0 Å². The van der Waals surface area contributed by atoms with Crippen LogP contribution >= 0.6 is 17.0 Å². The summed E-state index contributed by atoms with van der Waals surface area (Å²) in [6.07, 6.45) is 3.16. The Bertz CT molecular complexity index is 1070. The Labute approximate surface area is 189 Å². The Balaban J connectivity index is 0.00000256. The van der Waals surface area contributed by atoms with Gasteiger partial charge in [-0.2, -0.15) is 0 Å². The summed E-state index contributed by atoms with van der Waals surface area (Å²) < 4.78 is 0. The Kier molecular flexibility index (Phi) is 7.48. The molecule has 2 heteroatoms. The van der Waals surface area contributed by atoms with Crippen molar-refractivity contribution in [1.82, 2.24) is 0 Å². The summed E-state index contributed by atoms with van der Waals surface area (Å²) in [5, 5.41) is 11.2. The van der Waals surface area contributed by atoms with Crippen LogP contribution in [0.15, 0.2) is 97.1 Å². The minimum atomic E-state index is 0. The Morgan fingerprint density at radius 3 is 1.50 bits per heavy atom. The Hall–Kier alpha value is -2.84. The van der Waals surface area contributed by atoms with Crippen molar-refractivity contribution in [2.45, 2.75) is 26.2 Å². The lowest BCUT2D eigenvalue weighted by molar-refractivity contribution is 0.476. The van der Waals surface area contributed by atoms with Crippen molar-refractivity contribution in [3.8, 4) is 39.1 Å². The van der Waals surface area contributed by atoms with Gasteiger partial charge in [0.1, 0.15) is 5.75 Å². The molecule has 0 bridgehead atoms. The molecule has 4 aromatic rings. The van der Waals surface area contributed by atoms with Crippen LogP contribution in [0.25, 0.3) is 33.4 Å². The quantitative estimate of drug-likeness (QED) is 0.307. The van der Waals surface area contributed by atoms with Gasteiger partial charge in [0.2, 0.25) is 0 Å². The van der Waals surface area contributed by atoms with Crippen LogP contribution < -0.4 is 0 Å². The number of hydrogen-bond donors (Lipinski definition) is 1. The number of benzene rings is 4. The molecule has 0 aliphatic rings.